The number of carboxylic acids is 1. The molecule has 0 bridgehead atoms. The number of carbonyl (C=O) groups is 2. The monoisotopic (exact) mass is 359 g/mol. The van der Waals surface area contributed by atoms with E-state index in [1.54, 1.807) is 0 Å². The zero-order chi connectivity index (χ0) is 18.5. The minimum absolute atomic E-state index is 0.0823. The molecule has 0 amide bonds. The van der Waals surface area contributed by atoms with E-state index in [4.69, 9.17) is 9.76 Å². The van der Waals surface area contributed by atoms with Gasteiger partial charge in [0.05, 0.1) is 12.5 Å². The fourth-order valence-corrected chi connectivity index (χ4v) is 3.90. The highest BCUT2D eigenvalue weighted by molar-refractivity contribution is 6.45. The maximum atomic E-state index is 12.5. The molecule has 0 aliphatic carbocycles. The number of hydrogen-bond donors (Lipinski definition) is 3. The summed E-state index contributed by atoms with van der Waals surface area (Å²) in [5, 5.41) is 22.6. The van der Waals surface area contributed by atoms with E-state index in [-0.39, 0.29) is 24.4 Å². The molecule has 0 aromatic heterocycles. The van der Waals surface area contributed by atoms with Crippen LogP contribution in [0.15, 0.2) is 18.2 Å². The number of benzene rings is 1. The Bertz CT molecular complexity index is 665. The molecule has 0 spiro atoms. The van der Waals surface area contributed by atoms with Gasteiger partial charge in [0.15, 0.2) is 0 Å². The van der Waals surface area contributed by atoms with Crippen LogP contribution < -0.4 is 5.32 Å². The van der Waals surface area contributed by atoms with Crippen molar-refractivity contribution < 1.29 is 24.4 Å². The van der Waals surface area contributed by atoms with Crippen LogP contribution in [0.3, 0.4) is 0 Å². The summed E-state index contributed by atoms with van der Waals surface area (Å²) in [7, 11) is -1.08. The molecule has 6 nitrogen and oxygen atoms in total. The van der Waals surface area contributed by atoms with Crippen molar-refractivity contribution in [1.82, 2.24) is 5.32 Å². The first-order chi connectivity index (χ1) is 12.5. The number of nitrogens with one attached hydrogen (secondary N) is 1. The van der Waals surface area contributed by atoms with Gasteiger partial charge in [-0.2, -0.15) is 0 Å². The standard InChI is InChI=1S/C19H26BNO5/c22-17(8-13-5-6-14-11-21-12-15(14)7-13)9-16-3-1-2-4-18(10-19(23)24)26-20(16)25/h5-7,16,18,21,25H,1-4,8-12H2,(H,23,24)/t16-,18-/m1/s1. The quantitative estimate of drug-likeness (QED) is 0.673. The lowest BCUT2D eigenvalue weighted by atomic mass is 9.65. The summed E-state index contributed by atoms with van der Waals surface area (Å²) < 4.78 is 5.54. The number of aliphatic carboxylic acids is 1. The second-order valence-electron chi connectivity index (χ2n) is 7.42. The first-order valence-electron chi connectivity index (χ1n) is 9.39. The van der Waals surface area contributed by atoms with Crippen LogP contribution in [-0.2, 0) is 33.8 Å². The smallest absolute Gasteiger partial charge is 0.458 e. The van der Waals surface area contributed by atoms with Crippen molar-refractivity contribution in [1.29, 1.82) is 0 Å². The molecule has 1 aromatic rings. The third-order valence-electron chi connectivity index (χ3n) is 5.28. The van der Waals surface area contributed by atoms with E-state index in [1.165, 1.54) is 11.1 Å². The Morgan fingerprint density at radius 3 is 2.73 bits per heavy atom. The number of ketones is 1. The number of carbonyl (C=O) groups excluding carboxylic acids is 1. The van der Waals surface area contributed by atoms with Gasteiger partial charge in [0.1, 0.15) is 5.78 Å². The molecule has 2 aliphatic rings. The summed E-state index contributed by atoms with van der Waals surface area (Å²) in [4.78, 5) is 23.4. The number of hydrogen-bond acceptors (Lipinski definition) is 5. The maximum Gasteiger partial charge on any atom is 0.458 e. The van der Waals surface area contributed by atoms with Crippen LogP contribution in [0.25, 0.3) is 0 Å². The third-order valence-corrected chi connectivity index (χ3v) is 5.28. The molecule has 2 aliphatic heterocycles. The van der Waals surface area contributed by atoms with E-state index in [9.17, 15) is 14.6 Å². The van der Waals surface area contributed by atoms with Crippen molar-refractivity contribution in [3.63, 3.8) is 0 Å². The Balaban J connectivity index is 1.56. The van der Waals surface area contributed by atoms with E-state index in [0.29, 0.717) is 12.8 Å². The highest BCUT2D eigenvalue weighted by Crippen LogP contribution is 2.29. The summed E-state index contributed by atoms with van der Waals surface area (Å²) in [5.41, 5.74) is 3.54. The molecule has 0 saturated carbocycles. The van der Waals surface area contributed by atoms with Gasteiger partial charge in [-0.05, 0) is 23.1 Å². The lowest BCUT2D eigenvalue weighted by molar-refractivity contribution is -0.139. The zero-order valence-electron chi connectivity index (χ0n) is 14.9. The minimum atomic E-state index is -1.08. The predicted molar refractivity (Wildman–Crippen MR) is 97.6 cm³/mol. The van der Waals surface area contributed by atoms with E-state index in [0.717, 1.165) is 37.9 Å². The first kappa shape index (κ1) is 19.1. The molecule has 1 aromatic carbocycles. The SMILES string of the molecule is O=C(O)C[C@H]1CCCC[C@H](CC(=O)Cc2ccc3c(c2)CNC3)B(O)O1. The van der Waals surface area contributed by atoms with E-state index in [1.807, 2.05) is 6.07 Å². The van der Waals surface area contributed by atoms with Gasteiger partial charge in [0.25, 0.3) is 0 Å². The molecule has 0 radical (unpaired) electrons. The maximum absolute atomic E-state index is 12.5. The molecule has 26 heavy (non-hydrogen) atoms. The number of rotatable bonds is 6. The van der Waals surface area contributed by atoms with Crippen LogP contribution in [0.2, 0.25) is 5.82 Å². The van der Waals surface area contributed by atoms with Gasteiger partial charge in [-0.25, -0.2) is 0 Å². The Kier molecular flexibility index (Phi) is 6.45. The molecule has 2 atom stereocenters. The van der Waals surface area contributed by atoms with Crippen molar-refractivity contribution in [3.8, 4) is 0 Å². The normalized spacial score (nSPS) is 23.2. The van der Waals surface area contributed by atoms with Crippen LogP contribution in [0.1, 0.15) is 55.2 Å². The molecule has 3 N–H and O–H groups in total. The van der Waals surface area contributed by atoms with Crippen molar-refractivity contribution in [3.05, 3.63) is 34.9 Å². The van der Waals surface area contributed by atoms with Crippen LogP contribution in [0.5, 0.6) is 0 Å². The second-order valence-corrected chi connectivity index (χ2v) is 7.42. The Labute approximate surface area is 154 Å². The van der Waals surface area contributed by atoms with Crippen molar-refractivity contribution >= 4 is 18.9 Å². The Morgan fingerprint density at radius 1 is 1.15 bits per heavy atom. The summed E-state index contributed by atoms with van der Waals surface area (Å²) in [5.74, 6) is -1.12. The summed E-state index contributed by atoms with van der Waals surface area (Å²) in [6.45, 7) is 1.73. The first-order valence-corrected chi connectivity index (χ1v) is 9.39. The molecule has 0 unspecified atom stereocenters. The van der Waals surface area contributed by atoms with Gasteiger partial charge < -0.3 is 20.1 Å². The van der Waals surface area contributed by atoms with Crippen molar-refractivity contribution in [2.45, 2.75) is 70.0 Å². The predicted octanol–water partition coefficient (Wildman–Crippen LogP) is 2.08. The van der Waals surface area contributed by atoms with Gasteiger partial charge >= 0.3 is 13.1 Å². The minimum Gasteiger partial charge on any atom is -0.481 e. The molecule has 3 rings (SSSR count). The summed E-state index contributed by atoms with van der Waals surface area (Å²) in [6, 6.07) is 6.15. The van der Waals surface area contributed by atoms with Gasteiger partial charge in [-0.3, -0.25) is 9.59 Å². The lowest BCUT2D eigenvalue weighted by Crippen LogP contribution is -2.34. The Hall–Kier alpha value is -1.70. The molecule has 2 heterocycles. The van der Waals surface area contributed by atoms with Crippen molar-refractivity contribution in [2.75, 3.05) is 0 Å². The molecular formula is C19H26BNO5. The fraction of sp³-hybridized carbons (Fsp3) is 0.579. The van der Waals surface area contributed by atoms with Crippen LogP contribution in [-0.4, -0.2) is 35.1 Å². The van der Waals surface area contributed by atoms with Crippen LogP contribution in [0.4, 0.5) is 0 Å². The van der Waals surface area contributed by atoms with E-state index < -0.39 is 19.2 Å². The van der Waals surface area contributed by atoms with E-state index in [2.05, 4.69) is 17.4 Å². The highest BCUT2D eigenvalue weighted by Gasteiger charge is 2.33. The van der Waals surface area contributed by atoms with Gasteiger partial charge in [-0.1, -0.05) is 37.5 Å². The molecule has 140 valence electrons. The van der Waals surface area contributed by atoms with Gasteiger partial charge in [0.2, 0.25) is 0 Å². The van der Waals surface area contributed by atoms with E-state index >= 15 is 0 Å². The number of carboxylic acid groups (broad SMARTS) is 1. The average Bonchev–Trinajstić information content (AvgIpc) is 3.03. The zero-order valence-corrected chi connectivity index (χ0v) is 14.9. The fourth-order valence-electron chi connectivity index (χ4n) is 3.90. The van der Waals surface area contributed by atoms with Crippen LogP contribution >= 0.6 is 0 Å². The molecular weight excluding hydrogens is 333 g/mol. The average molecular weight is 359 g/mol. The highest BCUT2D eigenvalue weighted by atomic mass is 16.5. The lowest BCUT2D eigenvalue weighted by Gasteiger charge is -2.27. The molecule has 1 fully saturated rings. The third kappa shape index (κ3) is 5.16. The molecule has 7 heteroatoms. The number of fused-ring (bicyclic) bond motifs is 1. The summed E-state index contributed by atoms with van der Waals surface area (Å²) >= 11 is 0. The summed E-state index contributed by atoms with van der Waals surface area (Å²) in [6.07, 6.45) is 3.11. The van der Waals surface area contributed by atoms with Gasteiger partial charge in [0, 0.05) is 31.7 Å². The van der Waals surface area contributed by atoms with Crippen molar-refractivity contribution in [2.24, 2.45) is 0 Å². The topological polar surface area (TPSA) is 95.9 Å². The largest absolute Gasteiger partial charge is 0.481 e. The van der Waals surface area contributed by atoms with Gasteiger partial charge in [-0.15, -0.1) is 0 Å². The number of Topliss-reactive ketones (excluding diaryl/α,β-unsaturated/α-hetero) is 1. The molecule has 1 saturated heterocycles. The van der Waals surface area contributed by atoms with Crippen LogP contribution in [0, 0.1) is 0 Å². The Morgan fingerprint density at radius 2 is 1.92 bits per heavy atom. The second kappa shape index (κ2) is 8.80.